The van der Waals surface area contributed by atoms with Crippen molar-refractivity contribution in [2.75, 3.05) is 6.54 Å². The Morgan fingerprint density at radius 1 is 1.21 bits per heavy atom. The van der Waals surface area contributed by atoms with Gasteiger partial charge in [-0.1, -0.05) is 11.2 Å². The lowest BCUT2D eigenvalue weighted by Crippen LogP contribution is -2.31. The smallest absolute Gasteiger partial charge is 0.254 e. The van der Waals surface area contributed by atoms with Gasteiger partial charge in [0.15, 0.2) is 0 Å². The number of halogens is 1. The van der Waals surface area contributed by atoms with E-state index in [9.17, 15) is 9.18 Å². The molecule has 1 saturated heterocycles. The molecule has 144 valence electrons. The Morgan fingerprint density at radius 3 is 2.75 bits per heavy atom. The van der Waals surface area contributed by atoms with E-state index in [-0.39, 0.29) is 11.9 Å². The van der Waals surface area contributed by atoms with Crippen LogP contribution in [0, 0.1) is 26.6 Å². The molecule has 4 rings (SSSR count). The molecule has 1 aliphatic rings. The van der Waals surface area contributed by atoms with Crippen LogP contribution in [0.2, 0.25) is 0 Å². The van der Waals surface area contributed by atoms with E-state index in [4.69, 9.17) is 4.52 Å². The van der Waals surface area contributed by atoms with Gasteiger partial charge in [0.1, 0.15) is 17.4 Å². The van der Waals surface area contributed by atoms with Crippen LogP contribution in [0.3, 0.4) is 0 Å². The first-order valence-corrected chi connectivity index (χ1v) is 9.29. The zero-order valence-electron chi connectivity index (χ0n) is 16.1. The molecule has 0 spiro atoms. The summed E-state index contributed by atoms with van der Waals surface area (Å²) >= 11 is 0. The first-order valence-electron chi connectivity index (χ1n) is 9.29. The van der Waals surface area contributed by atoms with Gasteiger partial charge in [-0.3, -0.25) is 4.79 Å². The standard InChI is InChI=1S/C21H21FN4O2/c1-12-20(13(2)28-25-12)18-11-17(23-14(3)24-18)19-8-5-9-26(19)21(27)15-6-4-7-16(22)10-15/h4,6-7,10-11,19H,5,8-9H2,1-3H3. The van der Waals surface area contributed by atoms with Crippen molar-refractivity contribution >= 4 is 5.91 Å². The van der Waals surface area contributed by atoms with E-state index in [0.29, 0.717) is 23.7 Å². The van der Waals surface area contributed by atoms with E-state index in [1.165, 1.54) is 12.1 Å². The molecular formula is C21H21FN4O2. The molecule has 0 saturated carbocycles. The van der Waals surface area contributed by atoms with E-state index >= 15 is 0 Å². The molecule has 0 aliphatic carbocycles. The zero-order valence-corrected chi connectivity index (χ0v) is 16.1. The van der Waals surface area contributed by atoms with Crippen molar-refractivity contribution in [3.8, 4) is 11.3 Å². The third kappa shape index (κ3) is 3.28. The number of carbonyl (C=O) groups is 1. The van der Waals surface area contributed by atoms with Crippen molar-refractivity contribution < 1.29 is 13.7 Å². The maximum Gasteiger partial charge on any atom is 0.254 e. The summed E-state index contributed by atoms with van der Waals surface area (Å²) < 4.78 is 18.8. The number of carbonyl (C=O) groups excluding carboxylic acids is 1. The van der Waals surface area contributed by atoms with E-state index in [1.54, 1.807) is 17.0 Å². The van der Waals surface area contributed by atoms with Crippen LogP contribution in [-0.4, -0.2) is 32.5 Å². The summed E-state index contributed by atoms with van der Waals surface area (Å²) in [6.45, 7) is 6.17. The van der Waals surface area contributed by atoms with Gasteiger partial charge in [0.05, 0.1) is 28.7 Å². The van der Waals surface area contributed by atoms with Gasteiger partial charge in [-0.25, -0.2) is 14.4 Å². The van der Waals surface area contributed by atoms with Gasteiger partial charge in [-0.15, -0.1) is 0 Å². The number of hydrogen-bond donors (Lipinski definition) is 0. The van der Waals surface area contributed by atoms with Crippen LogP contribution in [0.15, 0.2) is 34.9 Å². The van der Waals surface area contributed by atoms with Crippen LogP contribution in [0.4, 0.5) is 4.39 Å². The van der Waals surface area contributed by atoms with Crippen LogP contribution in [0.5, 0.6) is 0 Å². The molecule has 0 N–H and O–H groups in total. The van der Waals surface area contributed by atoms with Crippen LogP contribution >= 0.6 is 0 Å². The van der Waals surface area contributed by atoms with Gasteiger partial charge in [0, 0.05) is 12.1 Å². The fourth-order valence-corrected chi connectivity index (χ4v) is 3.84. The Kier molecular flexibility index (Phi) is 4.66. The summed E-state index contributed by atoms with van der Waals surface area (Å²) in [5, 5.41) is 4.01. The molecule has 3 heterocycles. The molecule has 1 amide bonds. The summed E-state index contributed by atoms with van der Waals surface area (Å²) in [5.41, 5.74) is 3.49. The Bertz CT molecular complexity index is 1030. The zero-order chi connectivity index (χ0) is 19.8. The Labute approximate surface area is 162 Å². The van der Waals surface area contributed by atoms with Crippen LogP contribution in [0.1, 0.15) is 52.2 Å². The summed E-state index contributed by atoms with van der Waals surface area (Å²) in [5.74, 6) is 0.718. The predicted molar refractivity (Wildman–Crippen MR) is 101 cm³/mol. The lowest BCUT2D eigenvalue weighted by atomic mass is 10.1. The molecule has 1 atom stereocenters. The minimum atomic E-state index is -0.417. The fraction of sp³-hybridized carbons (Fsp3) is 0.333. The average Bonchev–Trinajstić information content (AvgIpc) is 3.27. The van der Waals surface area contributed by atoms with Crippen molar-refractivity contribution in [3.05, 3.63) is 64.7 Å². The van der Waals surface area contributed by atoms with Crippen molar-refractivity contribution in [2.45, 2.75) is 39.7 Å². The number of nitrogens with zero attached hydrogens (tertiary/aromatic N) is 4. The first kappa shape index (κ1) is 18.3. The van der Waals surface area contributed by atoms with Crippen molar-refractivity contribution in [1.29, 1.82) is 0 Å². The second-order valence-electron chi connectivity index (χ2n) is 7.09. The van der Waals surface area contributed by atoms with Gasteiger partial charge < -0.3 is 9.42 Å². The minimum Gasteiger partial charge on any atom is -0.361 e. The highest BCUT2D eigenvalue weighted by Crippen LogP contribution is 2.34. The fourth-order valence-electron chi connectivity index (χ4n) is 3.84. The normalized spacial score (nSPS) is 16.6. The molecular weight excluding hydrogens is 359 g/mol. The van der Waals surface area contributed by atoms with E-state index in [1.807, 2.05) is 26.8 Å². The predicted octanol–water partition coefficient (Wildman–Crippen LogP) is 4.17. The number of aromatic nitrogens is 3. The SMILES string of the molecule is Cc1nc(-c2c(C)noc2C)cc(C2CCCN2C(=O)c2cccc(F)c2)n1. The molecule has 2 aromatic heterocycles. The summed E-state index contributed by atoms with van der Waals surface area (Å²) in [7, 11) is 0. The summed E-state index contributed by atoms with van der Waals surface area (Å²) in [4.78, 5) is 23.9. The Morgan fingerprint density at radius 2 is 2.04 bits per heavy atom. The minimum absolute atomic E-state index is 0.170. The highest BCUT2D eigenvalue weighted by Gasteiger charge is 2.32. The van der Waals surface area contributed by atoms with Crippen molar-refractivity contribution in [2.24, 2.45) is 0 Å². The van der Waals surface area contributed by atoms with Gasteiger partial charge in [-0.2, -0.15) is 0 Å². The van der Waals surface area contributed by atoms with Crippen molar-refractivity contribution in [3.63, 3.8) is 0 Å². The average molecular weight is 380 g/mol. The second-order valence-corrected chi connectivity index (χ2v) is 7.09. The first-order chi connectivity index (χ1) is 13.4. The molecule has 1 aliphatic heterocycles. The van der Waals surface area contributed by atoms with Crippen LogP contribution < -0.4 is 0 Å². The second kappa shape index (κ2) is 7.14. The van der Waals surface area contributed by atoms with Gasteiger partial charge in [0.2, 0.25) is 0 Å². The quantitative estimate of drug-likeness (QED) is 0.682. The highest BCUT2D eigenvalue weighted by atomic mass is 19.1. The third-order valence-electron chi connectivity index (χ3n) is 5.07. The Balaban J connectivity index is 1.71. The number of rotatable bonds is 3. The van der Waals surface area contributed by atoms with Gasteiger partial charge >= 0.3 is 0 Å². The monoisotopic (exact) mass is 380 g/mol. The lowest BCUT2D eigenvalue weighted by Gasteiger charge is -2.25. The van der Waals surface area contributed by atoms with Gasteiger partial charge in [0.25, 0.3) is 5.91 Å². The molecule has 0 bridgehead atoms. The molecule has 28 heavy (non-hydrogen) atoms. The number of amides is 1. The molecule has 0 radical (unpaired) electrons. The highest BCUT2D eigenvalue weighted by molar-refractivity contribution is 5.94. The topological polar surface area (TPSA) is 72.1 Å². The van der Waals surface area contributed by atoms with E-state index < -0.39 is 5.82 Å². The molecule has 3 aromatic rings. The number of likely N-dealkylation sites (tertiary alicyclic amines) is 1. The molecule has 7 heteroatoms. The Hall–Kier alpha value is -3.09. The maximum atomic E-state index is 13.6. The van der Waals surface area contributed by atoms with Crippen LogP contribution in [-0.2, 0) is 0 Å². The van der Waals surface area contributed by atoms with Crippen LogP contribution in [0.25, 0.3) is 11.3 Å². The largest absolute Gasteiger partial charge is 0.361 e. The molecule has 6 nitrogen and oxygen atoms in total. The molecule has 1 unspecified atom stereocenters. The third-order valence-corrected chi connectivity index (χ3v) is 5.07. The number of aryl methyl sites for hydroxylation is 3. The number of hydrogen-bond acceptors (Lipinski definition) is 5. The molecule has 1 fully saturated rings. The number of benzene rings is 1. The van der Waals surface area contributed by atoms with Crippen molar-refractivity contribution in [1.82, 2.24) is 20.0 Å². The molecule has 1 aromatic carbocycles. The summed E-state index contributed by atoms with van der Waals surface area (Å²) in [6.07, 6.45) is 1.67. The summed E-state index contributed by atoms with van der Waals surface area (Å²) in [6, 6.07) is 7.54. The maximum absolute atomic E-state index is 13.6. The van der Waals surface area contributed by atoms with E-state index in [0.717, 1.165) is 35.5 Å². The van der Waals surface area contributed by atoms with E-state index in [2.05, 4.69) is 15.1 Å². The van der Waals surface area contributed by atoms with Gasteiger partial charge in [-0.05, 0) is 57.9 Å². The lowest BCUT2D eigenvalue weighted by molar-refractivity contribution is 0.0732.